The summed E-state index contributed by atoms with van der Waals surface area (Å²) in [7, 11) is 0. The molecule has 47 heavy (non-hydrogen) atoms. The van der Waals surface area contributed by atoms with E-state index in [9.17, 15) is 26.3 Å². The average Bonchev–Trinajstić information content (AvgIpc) is 3.63. The van der Waals surface area contributed by atoms with E-state index >= 15 is 0 Å². The summed E-state index contributed by atoms with van der Waals surface area (Å²) in [6.45, 7) is 2.00. The van der Waals surface area contributed by atoms with E-state index in [4.69, 9.17) is 26.1 Å². The number of benzene rings is 1. The van der Waals surface area contributed by atoms with Gasteiger partial charge in [0.1, 0.15) is 23.7 Å². The fourth-order valence-electron chi connectivity index (χ4n) is 5.53. The number of nitrogens with one attached hydrogen (secondary N) is 1. The third-order valence-electron chi connectivity index (χ3n) is 8.06. The van der Waals surface area contributed by atoms with E-state index in [0.29, 0.717) is 71.4 Å². The maximum Gasteiger partial charge on any atom is 0.451 e. The van der Waals surface area contributed by atoms with Crippen molar-refractivity contribution in [3.05, 3.63) is 81.7 Å². The second-order valence-electron chi connectivity index (χ2n) is 11.3. The standard InChI is InChI=1S/C30H25ClF6N8O2/c31-18-3-1-16(2-4-18)15-47-27-20(29(32,33)34)9-17-5-7-44(13-23(17)40-27)14-25-39-21-10-22(26-41-28(43-42-26)30(35,36)37)38-11-24(21)45(25)12-19-6-8-46-19/h1-4,9-11,19H,5-8,12-15H2,(H,41,42,43)/t19-/m0/s1. The first-order valence-electron chi connectivity index (χ1n) is 14.6. The van der Waals surface area contributed by atoms with Crippen LogP contribution in [0.2, 0.25) is 5.02 Å². The Balaban J connectivity index is 1.16. The van der Waals surface area contributed by atoms with Gasteiger partial charge >= 0.3 is 12.4 Å². The SMILES string of the molecule is FC(F)(F)c1nc(-c2cc3nc(CN4CCc5cc(C(F)(F)F)c(OCc6ccc(Cl)cc6)nc5C4)n(C[C@@H]4CCO4)c3cn2)n[nH]1. The van der Waals surface area contributed by atoms with E-state index in [1.54, 1.807) is 24.3 Å². The van der Waals surface area contributed by atoms with E-state index in [2.05, 4.69) is 20.1 Å². The smallest absolute Gasteiger partial charge is 0.451 e. The number of aromatic amines is 1. The van der Waals surface area contributed by atoms with Crippen LogP contribution < -0.4 is 4.74 Å². The molecule has 2 aliphatic heterocycles. The highest BCUT2D eigenvalue weighted by Crippen LogP contribution is 2.38. The van der Waals surface area contributed by atoms with E-state index in [0.717, 1.165) is 12.5 Å². The lowest BCUT2D eigenvalue weighted by atomic mass is 10.0. The zero-order valence-corrected chi connectivity index (χ0v) is 25.1. The third kappa shape index (κ3) is 6.62. The van der Waals surface area contributed by atoms with Gasteiger partial charge in [0.15, 0.2) is 5.82 Å². The maximum atomic E-state index is 14.0. The summed E-state index contributed by atoms with van der Waals surface area (Å²) in [6, 6.07) is 9.22. The summed E-state index contributed by atoms with van der Waals surface area (Å²) in [6.07, 6.45) is -6.70. The maximum absolute atomic E-state index is 14.0. The van der Waals surface area contributed by atoms with Gasteiger partial charge in [-0.05, 0) is 48.2 Å². The number of halogens is 7. The molecule has 0 aliphatic carbocycles. The average molecular weight is 679 g/mol. The molecule has 1 aromatic carbocycles. The summed E-state index contributed by atoms with van der Waals surface area (Å²) < 4.78 is 94.4. The normalized spacial score (nSPS) is 17.1. The molecule has 1 N–H and O–H groups in total. The zero-order chi connectivity index (χ0) is 32.9. The fourth-order valence-corrected chi connectivity index (χ4v) is 5.66. The van der Waals surface area contributed by atoms with Crippen molar-refractivity contribution >= 4 is 22.6 Å². The minimum Gasteiger partial charge on any atom is -0.472 e. The number of fused-ring (bicyclic) bond motifs is 2. The molecule has 2 aliphatic rings. The van der Waals surface area contributed by atoms with Crippen molar-refractivity contribution in [1.82, 2.24) is 39.6 Å². The first-order valence-corrected chi connectivity index (χ1v) is 14.9. The summed E-state index contributed by atoms with van der Waals surface area (Å²) in [5, 5.41) is 6.05. The van der Waals surface area contributed by atoms with Crippen LogP contribution in [0, 0.1) is 0 Å². The molecule has 0 spiro atoms. The Morgan fingerprint density at radius 1 is 1.02 bits per heavy atom. The van der Waals surface area contributed by atoms with Crippen molar-refractivity contribution in [2.75, 3.05) is 13.2 Å². The van der Waals surface area contributed by atoms with Gasteiger partial charge in [0.25, 0.3) is 0 Å². The summed E-state index contributed by atoms with van der Waals surface area (Å²) >= 11 is 5.92. The molecule has 0 radical (unpaired) electrons. The molecule has 1 saturated heterocycles. The zero-order valence-electron chi connectivity index (χ0n) is 24.4. The van der Waals surface area contributed by atoms with E-state index < -0.39 is 29.6 Å². The molecule has 1 atom stereocenters. The number of aromatic nitrogens is 7. The van der Waals surface area contributed by atoms with Gasteiger partial charge in [0.2, 0.25) is 11.7 Å². The number of pyridine rings is 2. The Bertz CT molecular complexity index is 1920. The van der Waals surface area contributed by atoms with Crippen LogP contribution >= 0.6 is 11.6 Å². The third-order valence-corrected chi connectivity index (χ3v) is 8.31. The molecule has 6 heterocycles. The molecule has 5 aromatic rings. The Morgan fingerprint density at radius 3 is 2.49 bits per heavy atom. The highest BCUT2D eigenvalue weighted by molar-refractivity contribution is 6.30. The lowest BCUT2D eigenvalue weighted by molar-refractivity contribution is -0.144. The lowest BCUT2D eigenvalue weighted by Crippen LogP contribution is -2.34. The first-order chi connectivity index (χ1) is 22.4. The number of nitrogens with zero attached hydrogens (tertiary/aromatic N) is 7. The van der Waals surface area contributed by atoms with E-state index in [-0.39, 0.29) is 30.8 Å². The molecule has 1 fully saturated rings. The second-order valence-corrected chi connectivity index (χ2v) is 11.7. The Labute approximate surface area is 267 Å². The van der Waals surface area contributed by atoms with Crippen molar-refractivity contribution in [2.24, 2.45) is 0 Å². The van der Waals surface area contributed by atoms with Gasteiger partial charge in [0.05, 0.1) is 42.1 Å². The van der Waals surface area contributed by atoms with Crippen LogP contribution in [0.3, 0.4) is 0 Å². The van der Waals surface area contributed by atoms with Gasteiger partial charge in [0, 0.05) is 24.7 Å². The van der Waals surface area contributed by atoms with Crippen LogP contribution in [0.15, 0.2) is 42.6 Å². The summed E-state index contributed by atoms with van der Waals surface area (Å²) in [5.41, 5.74) is 1.90. The Kier molecular flexibility index (Phi) is 8.04. The Hall–Kier alpha value is -4.28. The van der Waals surface area contributed by atoms with Gasteiger partial charge in [-0.2, -0.15) is 31.4 Å². The van der Waals surface area contributed by atoms with Crippen LogP contribution in [0.5, 0.6) is 5.88 Å². The van der Waals surface area contributed by atoms with Crippen molar-refractivity contribution in [2.45, 2.75) is 57.5 Å². The predicted octanol–water partition coefficient (Wildman–Crippen LogP) is 6.23. The van der Waals surface area contributed by atoms with Gasteiger partial charge in [-0.1, -0.05) is 23.7 Å². The first kappa shape index (κ1) is 31.3. The van der Waals surface area contributed by atoms with E-state index in [1.165, 1.54) is 12.3 Å². The topological polar surface area (TPSA) is 107 Å². The van der Waals surface area contributed by atoms with Gasteiger partial charge in [-0.3, -0.25) is 15.0 Å². The van der Waals surface area contributed by atoms with Crippen LogP contribution in [-0.2, 0) is 49.8 Å². The van der Waals surface area contributed by atoms with Gasteiger partial charge in [-0.15, -0.1) is 0 Å². The molecule has 0 amide bonds. The number of hydrogen-bond acceptors (Lipinski definition) is 8. The van der Waals surface area contributed by atoms with Crippen LogP contribution in [0.25, 0.3) is 22.6 Å². The predicted molar refractivity (Wildman–Crippen MR) is 155 cm³/mol. The van der Waals surface area contributed by atoms with Crippen LogP contribution in [0.4, 0.5) is 26.3 Å². The minimum atomic E-state index is -4.69. The molecular formula is C30H25ClF6N8O2. The molecule has 7 rings (SSSR count). The quantitative estimate of drug-likeness (QED) is 0.193. The molecule has 246 valence electrons. The molecule has 0 saturated carbocycles. The van der Waals surface area contributed by atoms with Crippen molar-refractivity contribution in [3.8, 4) is 17.4 Å². The van der Waals surface area contributed by atoms with Gasteiger partial charge in [-0.25, -0.2) is 15.0 Å². The van der Waals surface area contributed by atoms with E-state index in [1.807, 2.05) is 14.6 Å². The molecular weight excluding hydrogens is 654 g/mol. The number of imidazole rings is 1. The largest absolute Gasteiger partial charge is 0.472 e. The highest BCUT2D eigenvalue weighted by atomic mass is 35.5. The summed E-state index contributed by atoms with van der Waals surface area (Å²) in [5.74, 6) is -1.32. The molecule has 10 nitrogen and oxygen atoms in total. The Morgan fingerprint density at radius 2 is 1.81 bits per heavy atom. The molecule has 0 bridgehead atoms. The number of alkyl halides is 6. The minimum absolute atomic E-state index is 0.0435. The monoisotopic (exact) mass is 678 g/mol. The second kappa shape index (κ2) is 12.1. The fraction of sp³-hybridized carbons (Fsp3) is 0.367. The van der Waals surface area contributed by atoms with Crippen molar-refractivity contribution < 1.29 is 35.8 Å². The van der Waals surface area contributed by atoms with Crippen LogP contribution in [-0.4, -0.2) is 58.9 Å². The summed E-state index contributed by atoms with van der Waals surface area (Å²) in [4.78, 5) is 19.0. The number of hydrogen-bond donors (Lipinski definition) is 1. The highest BCUT2D eigenvalue weighted by Gasteiger charge is 2.38. The number of H-pyrrole nitrogens is 1. The molecule has 4 aromatic heterocycles. The van der Waals surface area contributed by atoms with Crippen molar-refractivity contribution in [1.29, 1.82) is 0 Å². The molecule has 17 heteroatoms. The van der Waals surface area contributed by atoms with Gasteiger partial charge < -0.3 is 14.0 Å². The van der Waals surface area contributed by atoms with Crippen molar-refractivity contribution in [3.63, 3.8) is 0 Å². The number of ether oxygens (including phenoxy) is 2. The van der Waals surface area contributed by atoms with Crippen LogP contribution in [0.1, 0.15) is 40.5 Å². The molecule has 0 unspecified atom stereocenters. The lowest BCUT2D eigenvalue weighted by Gasteiger charge is -2.30. The number of rotatable bonds is 8.